The molecule has 2 aromatic rings. The molecule has 0 aliphatic carbocycles. The standard InChI is InChI=1S/C12H11N3O4/c1-19-7-2-3-9(16)8(6-7)12(18)13-10-4-5-11(17)15-14-10/h2-6,16H,1H3,(H,15,17)(H,13,14,18). The Kier molecular flexibility index (Phi) is 3.46. The highest BCUT2D eigenvalue weighted by atomic mass is 16.5. The van der Waals surface area contributed by atoms with Crippen LogP contribution in [0.5, 0.6) is 11.5 Å². The van der Waals surface area contributed by atoms with E-state index < -0.39 is 5.91 Å². The lowest BCUT2D eigenvalue weighted by Crippen LogP contribution is -2.16. The summed E-state index contributed by atoms with van der Waals surface area (Å²) in [6.07, 6.45) is 0. The molecule has 0 saturated heterocycles. The summed E-state index contributed by atoms with van der Waals surface area (Å²) in [6.45, 7) is 0. The molecule has 0 fully saturated rings. The van der Waals surface area contributed by atoms with Crippen molar-refractivity contribution in [1.82, 2.24) is 10.2 Å². The van der Waals surface area contributed by atoms with Crippen LogP contribution in [-0.2, 0) is 0 Å². The zero-order valence-corrected chi connectivity index (χ0v) is 10.0. The monoisotopic (exact) mass is 261 g/mol. The molecular weight excluding hydrogens is 250 g/mol. The Morgan fingerprint density at radius 2 is 2.16 bits per heavy atom. The summed E-state index contributed by atoms with van der Waals surface area (Å²) >= 11 is 0. The Bertz CT molecular complexity index is 646. The van der Waals surface area contributed by atoms with Crippen LogP contribution in [0.25, 0.3) is 0 Å². The van der Waals surface area contributed by atoms with Gasteiger partial charge in [-0.25, -0.2) is 5.10 Å². The minimum Gasteiger partial charge on any atom is -0.507 e. The lowest BCUT2D eigenvalue weighted by molar-refractivity contribution is 0.102. The van der Waals surface area contributed by atoms with Crippen molar-refractivity contribution in [3.63, 3.8) is 0 Å². The third-order valence-electron chi connectivity index (χ3n) is 2.37. The molecule has 0 radical (unpaired) electrons. The first kappa shape index (κ1) is 12.6. The normalized spacial score (nSPS) is 9.95. The van der Waals surface area contributed by atoms with Crippen molar-refractivity contribution in [2.75, 3.05) is 12.4 Å². The lowest BCUT2D eigenvalue weighted by atomic mass is 10.1. The van der Waals surface area contributed by atoms with E-state index in [2.05, 4.69) is 15.5 Å². The van der Waals surface area contributed by atoms with E-state index in [1.807, 2.05) is 0 Å². The van der Waals surface area contributed by atoms with Crippen LogP contribution in [0, 0.1) is 0 Å². The molecule has 1 amide bonds. The summed E-state index contributed by atoms with van der Waals surface area (Å²) in [5.41, 5.74) is -0.324. The van der Waals surface area contributed by atoms with Gasteiger partial charge in [-0.05, 0) is 24.3 Å². The highest BCUT2D eigenvalue weighted by Crippen LogP contribution is 2.23. The average Bonchev–Trinajstić information content (AvgIpc) is 2.42. The number of amides is 1. The molecule has 0 bridgehead atoms. The Morgan fingerprint density at radius 3 is 2.79 bits per heavy atom. The summed E-state index contributed by atoms with van der Waals surface area (Å²) in [5.74, 6) is -0.122. The van der Waals surface area contributed by atoms with Gasteiger partial charge in [0, 0.05) is 6.07 Å². The molecule has 0 unspecified atom stereocenters. The molecule has 7 nitrogen and oxygen atoms in total. The summed E-state index contributed by atoms with van der Waals surface area (Å²) in [4.78, 5) is 22.8. The van der Waals surface area contributed by atoms with Crippen molar-refractivity contribution in [2.45, 2.75) is 0 Å². The second kappa shape index (κ2) is 5.21. The molecule has 19 heavy (non-hydrogen) atoms. The Balaban J connectivity index is 2.24. The van der Waals surface area contributed by atoms with E-state index in [-0.39, 0.29) is 22.7 Å². The van der Waals surface area contributed by atoms with Crippen LogP contribution in [0.2, 0.25) is 0 Å². The number of carbonyl (C=O) groups is 1. The molecule has 3 N–H and O–H groups in total. The molecule has 1 aromatic carbocycles. The average molecular weight is 261 g/mol. The number of carbonyl (C=O) groups excluding carboxylic acids is 1. The fraction of sp³-hybridized carbons (Fsp3) is 0.0833. The van der Waals surface area contributed by atoms with Crippen LogP contribution in [0.3, 0.4) is 0 Å². The number of aromatic hydroxyl groups is 1. The molecule has 0 spiro atoms. The Morgan fingerprint density at radius 1 is 1.37 bits per heavy atom. The molecular formula is C12H11N3O4. The number of hydrogen-bond acceptors (Lipinski definition) is 5. The molecule has 1 heterocycles. The minimum atomic E-state index is -0.559. The third-order valence-corrected chi connectivity index (χ3v) is 2.37. The topological polar surface area (TPSA) is 104 Å². The number of methoxy groups -OCH3 is 1. The number of benzene rings is 1. The quantitative estimate of drug-likeness (QED) is 0.755. The van der Waals surface area contributed by atoms with Crippen molar-refractivity contribution in [1.29, 1.82) is 0 Å². The van der Waals surface area contributed by atoms with Gasteiger partial charge >= 0.3 is 0 Å². The number of H-pyrrole nitrogens is 1. The predicted octanol–water partition coefficient (Wildman–Crippen LogP) is 0.736. The van der Waals surface area contributed by atoms with Crippen LogP contribution in [0.1, 0.15) is 10.4 Å². The van der Waals surface area contributed by atoms with Gasteiger partial charge in [0.2, 0.25) is 0 Å². The fourth-order valence-electron chi connectivity index (χ4n) is 1.42. The van der Waals surface area contributed by atoms with E-state index in [0.29, 0.717) is 5.75 Å². The lowest BCUT2D eigenvalue weighted by Gasteiger charge is -2.07. The summed E-state index contributed by atoms with van der Waals surface area (Å²) in [6, 6.07) is 6.87. The van der Waals surface area contributed by atoms with Crippen molar-refractivity contribution < 1.29 is 14.6 Å². The summed E-state index contributed by atoms with van der Waals surface area (Å²) < 4.78 is 4.97. The van der Waals surface area contributed by atoms with Gasteiger partial charge in [0.05, 0.1) is 12.7 Å². The number of aromatic nitrogens is 2. The van der Waals surface area contributed by atoms with E-state index in [9.17, 15) is 14.7 Å². The number of nitrogens with zero attached hydrogens (tertiary/aromatic N) is 1. The molecule has 1 aromatic heterocycles. The highest BCUT2D eigenvalue weighted by molar-refractivity contribution is 6.05. The number of rotatable bonds is 3. The van der Waals surface area contributed by atoms with Crippen molar-refractivity contribution in [3.8, 4) is 11.5 Å². The molecule has 0 aliphatic heterocycles. The number of ether oxygens (including phenoxy) is 1. The molecule has 0 atom stereocenters. The number of anilines is 1. The zero-order chi connectivity index (χ0) is 13.8. The number of phenolic OH excluding ortho intramolecular Hbond substituents is 1. The first-order valence-electron chi connectivity index (χ1n) is 5.34. The zero-order valence-electron chi connectivity index (χ0n) is 10.0. The van der Waals surface area contributed by atoms with Crippen LogP contribution >= 0.6 is 0 Å². The smallest absolute Gasteiger partial charge is 0.264 e. The number of aromatic amines is 1. The fourth-order valence-corrected chi connectivity index (χ4v) is 1.42. The van der Waals surface area contributed by atoms with Gasteiger partial charge in [-0.1, -0.05) is 0 Å². The van der Waals surface area contributed by atoms with Gasteiger partial charge in [0.15, 0.2) is 5.82 Å². The largest absolute Gasteiger partial charge is 0.507 e. The van der Waals surface area contributed by atoms with Gasteiger partial charge in [-0.15, -0.1) is 0 Å². The number of nitrogens with one attached hydrogen (secondary N) is 2. The summed E-state index contributed by atoms with van der Waals surface area (Å²) in [7, 11) is 1.46. The second-order valence-electron chi connectivity index (χ2n) is 3.64. The van der Waals surface area contributed by atoms with Crippen molar-refractivity contribution in [2.24, 2.45) is 0 Å². The maximum absolute atomic E-state index is 11.9. The van der Waals surface area contributed by atoms with Gasteiger partial charge in [0.25, 0.3) is 11.5 Å². The van der Waals surface area contributed by atoms with Gasteiger partial charge in [0.1, 0.15) is 11.5 Å². The number of phenols is 1. The van der Waals surface area contributed by atoms with Crippen molar-refractivity contribution >= 4 is 11.7 Å². The molecule has 0 aliphatic rings. The molecule has 0 saturated carbocycles. The summed E-state index contributed by atoms with van der Waals surface area (Å²) in [5, 5.41) is 17.9. The van der Waals surface area contributed by atoms with Gasteiger partial charge in [-0.2, -0.15) is 5.10 Å². The number of hydrogen-bond donors (Lipinski definition) is 3. The van der Waals surface area contributed by atoms with Gasteiger partial charge in [-0.3, -0.25) is 9.59 Å². The Hall–Kier alpha value is -2.83. The van der Waals surface area contributed by atoms with Crippen LogP contribution in [0.15, 0.2) is 35.1 Å². The van der Waals surface area contributed by atoms with E-state index in [4.69, 9.17) is 4.74 Å². The SMILES string of the molecule is COc1ccc(O)c(C(=O)Nc2ccc(=O)[nH]n2)c1. The second-order valence-corrected chi connectivity index (χ2v) is 3.64. The molecule has 98 valence electrons. The first-order chi connectivity index (χ1) is 9.10. The molecule has 2 rings (SSSR count). The van der Waals surface area contributed by atoms with E-state index in [1.165, 1.54) is 37.4 Å². The minimum absolute atomic E-state index is 0.0485. The predicted molar refractivity (Wildman–Crippen MR) is 67.5 cm³/mol. The van der Waals surface area contributed by atoms with Crippen LogP contribution in [-0.4, -0.2) is 28.3 Å². The Labute approximate surface area is 107 Å². The first-order valence-corrected chi connectivity index (χ1v) is 5.34. The van der Waals surface area contributed by atoms with Crippen LogP contribution < -0.4 is 15.6 Å². The van der Waals surface area contributed by atoms with E-state index in [0.717, 1.165) is 0 Å². The van der Waals surface area contributed by atoms with Gasteiger partial charge < -0.3 is 15.2 Å². The van der Waals surface area contributed by atoms with E-state index >= 15 is 0 Å². The molecule has 7 heteroatoms. The maximum atomic E-state index is 11.9. The van der Waals surface area contributed by atoms with Crippen LogP contribution in [0.4, 0.5) is 5.82 Å². The van der Waals surface area contributed by atoms with Crippen molar-refractivity contribution in [3.05, 3.63) is 46.2 Å². The maximum Gasteiger partial charge on any atom is 0.264 e. The van der Waals surface area contributed by atoms with E-state index in [1.54, 1.807) is 0 Å². The third kappa shape index (κ3) is 2.89. The highest BCUT2D eigenvalue weighted by Gasteiger charge is 2.13.